The topological polar surface area (TPSA) is 84.1 Å². The normalized spacial score (nSPS) is 11.7. The lowest BCUT2D eigenvalue weighted by Crippen LogP contribution is -2.23. The van der Waals surface area contributed by atoms with Crippen LogP contribution in [0.3, 0.4) is 0 Å². The predicted molar refractivity (Wildman–Crippen MR) is 74.7 cm³/mol. The first-order valence-corrected chi connectivity index (χ1v) is 6.13. The summed E-state index contributed by atoms with van der Waals surface area (Å²) >= 11 is 5.87. The molecule has 2 aromatic rings. The molecule has 0 saturated heterocycles. The third-order valence-electron chi connectivity index (χ3n) is 2.67. The Morgan fingerprint density at radius 3 is 2.75 bits per heavy atom. The van der Waals surface area contributed by atoms with E-state index >= 15 is 0 Å². The smallest absolute Gasteiger partial charge is 0.332 e. The Morgan fingerprint density at radius 2 is 2.10 bits per heavy atom. The molecule has 1 atom stereocenters. The number of anilines is 1. The maximum Gasteiger partial charge on any atom is 0.332 e. The zero-order valence-corrected chi connectivity index (χ0v) is 11.3. The van der Waals surface area contributed by atoms with Gasteiger partial charge >= 0.3 is 5.97 Å². The molecule has 20 heavy (non-hydrogen) atoms. The van der Waals surface area contributed by atoms with Crippen LogP contribution in [0.5, 0.6) is 0 Å². The molecule has 0 aliphatic heterocycles. The Labute approximate surface area is 119 Å². The molecular weight excluding hydrogens is 282 g/mol. The van der Waals surface area contributed by atoms with Crippen LogP contribution in [0, 0.1) is 0 Å². The summed E-state index contributed by atoms with van der Waals surface area (Å²) in [5.74, 6) is -0.493. The Bertz CT molecular complexity index is 657. The third-order valence-corrected chi connectivity index (χ3v) is 3.04. The lowest BCUT2D eigenvalue weighted by Gasteiger charge is -2.18. The number of ether oxygens (including phenoxy) is 1. The van der Waals surface area contributed by atoms with Crippen LogP contribution in [0.25, 0.3) is 0 Å². The Balaban J connectivity index is 2.36. The maximum atomic E-state index is 11.9. The number of hydrogen-bond donors (Lipinski definition) is 2. The van der Waals surface area contributed by atoms with Gasteiger partial charge in [0.15, 0.2) is 6.04 Å². The minimum absolute atomic E-state index is 0.0650. The standard InChI is InChI=1S/C13H12ClN3O3/c1-20-13(19)11(8-5-3-2-4-6-8)16-9-7-15-17-12(18)10(9)14/h2-7,11H,1H3,(H2,16,17,18). The highest BCUT2D eigenvalue weighted by Gasteiger charge is 2.22. The van der Waals surface area contributed by atoms with Gasteiger partial charge in [0.1, 0.15) is 5.02 Å². The van der Waals surface area contributed by atoms with Crippen molar-refractivity contribution in [3.8, 4) is 0 Å². The molecule has 0 aliphatic rings. The number of methoxy groups -OCH3 is 1. The summed E-state index contributed by atoms with van der Waals surface area (Å²) in [5, 5.41) is 8.64. The Kier molecular flexibility index (Phi) is 4.37. The van der Waals surface area contributed by atoms with Gasteiger partial charge in [0, 0.05) is 0 Å². The first kappa shape index (κ1) is 14.1. The third kappa shape index (κ3) is 2.97. The van der Waals surface area contributed by atoms with E-state index in [0.717, 1.165) is 0 Å². The number of aromatic amines is 1. The second kappa shape index (κ2) is 6.21. The number of benzene rings is 1. The van der Waals surface area contributed by atoms with Crippen LogP contribution in [0.1, 0.15) is 11.6 Å². The molecule has 0 fully saturated rings. The molecule has 7 heteroatoms. The van der Waals surface area contributed by atoms with Gasteiger partial charge in [-0.1, -0.05) is 41.9 Å². The number of aromatic nitrogens is 2. The molecule has 0 aliphatic carbocycles. The zero-order valence-electron chi connectivity index (χ0n) is 10.6. The summed E-state index contributed by atoms with van der Waals surface area (Å²) in [5.41, 5.74) is 0.415. The molecule has 0 radical (unpaired) electrons. The van der Waals surface area contributed by atoms with E-state index in [0.29, 0.717) is 5.56 Å². The van der Waals surface area contributed by atoms with Crippen molar-refractivity contribution in [2.75, 3.05) is 12.4 Å². The van der Waals surface area contributed by atoms with Gasteiger partial charge in [-0.2, -0.15) is 5.10 Å². The van der Waals surface area contributed by atoms with Crippen molar-refractivity contribution in [2.45, 2.75) is 6.04 Å². The molecule has 1 aromatic carbocycles. The molecule has 0 spiro atoms. The number of esters is 1. The Hall–Kier alpha value is -2.34. The van der Waals surface area contributed by atoms with Crippen LogP contribution in [-0.2, 0) is 9.53 Å². The summed E-state index contributed by atoms with van der Waals surface area (Å²) in [6, 6.07) is 8.18. The van der Waals surface area contributed by atoms with E-state index in [-0.39, 0.29) is 10.7 Å². The quantitative estimate of drug-likeness (QED) is 0.839. The van der Waals surface area contributed by atoms with E-state index in [2.05, 4.69) is 15.5 Å². The van der Waals surface area contributed by atoms with E-state index in [1.165, 1.54) is 13.3 Å². The summed E-state index contributed by atoms with van der Waals surface area (Å²) in [4.78, 5) is 23.3. The number of hydrogen-bond acceptors (Lipinski definition) is 5. The van der Waals surface area contributed by atoms with E-state index in [4.69, 9.17) is 16.3 Å². The number of carbonyl (C=O) groups excluding carboxylic acids is 1. The Morgan fingerprint density at radius 1 is 1.40 bits per heavy atom. The largest absolute Gasteiger partial charge is 0.467 e. The first-order valence-electron chi connectivity index (χ1n) is 5.76. The summed E-state index contributed by atoms with van der Waals surface area (Å²) < 4.78 is 4.76. The second-order valence-corrected chi connectivity index (χ2v) is 4.32. The minimum Gasteiger partial charge on any atom is -0.467 e. The fraction of sp³-hybridized carbons (Fsp3) is 0.154. The molecule has 1 aromatic heterocycles. The van der Waals surface area contributed by atoms with Crippen LogP contribution < -0.4 is 10.9 Å². The average molecular weight is 294 g/mol. The zero-order chi connectivity index (χ0) is 14.5. The highest BCUT2D eigenvalue weighted by molar-refractivity contribution is 6.33. The summed E-state index contributed by atoms with van der Waals surface area (Å²) in [7, 11) is 1.29. The van der Waals surface area contributed by atoms with Gasteiger partial charge in [-0.05, 0) is 5.56 Å². The molecule has 2 rings (SSSR count). The molecular formula is C13H12ClN3O3. The van der Waals surface area contributed by atoms with Crippen LogP contribution >= 0.6 is 11.6 Å². The van der Waals surface area contributed by atoms with E-state index in [1.807, 2.05) is 6.07 Å². The fourth-order valence-electron chi connectivity index (χ4n) is 1.68. The number of H-pyrrole nitrogens is 1. The highest BCUT2D eigenvalue weighted by Crippen LogP contribution is 2.23. The highest BCUT2D eigenvalue weighted by atomic mass is 35.5. The van der Waals surface area contributed by atoms with Crippen molar-refractivity contribution in [1.29, 1.82) is 0 Å². The number of carbonyl (C=O) groups is 1. The van der Waals surface area contributed by atoms with E-state index in [1.54, 1.807) is 24.3 Å². The molecule has 104 valence electrons. The van der Waals surface area contributed by atoms with Gasteiger partial charge in [0.2, 0.25) is 0 Å². The summed E-state index contributed by atoms with van der Waals surface area (Å²) in [6.07, 6.45) is 1.34. The fourth-order valence-corrected chi connectivity index (χ4v) is 1.83. The summed E-state index contributed by atoms with van der Waals surface area (Å²) in [6.45, 7) is 0. The van der Waals surface area contributed by atoms with Crippen LogP contribution in [0.4, 0.5) is 5.69 Å². The number of halogens is 1. The van der Waals surface area contributed by atoms with Crippen molar-refractivity contribution in [1.82, 2.24) is 10.2 Å². The molecule has 1 heterocycles. The van der Waals surface area contributed by atoms with Crippen LogP contribution in [0.15, 0.2) is 41.3 Å². The van der Waals surface area contributed by atoms with E-state index < -0.39 is 17.6 Å². The number of nitrogens with zero attached hydrogens (tertiary/aromatic N) is 1. The van der Waals surface area contributed by atoms with Crippen molar-refractivity contribution >= 4 is 23.3 Å². The van der Waals surface area contributed by atoms with Crippen molar-refractivity contribution in [3.63, 3.8) is 0 Å². The van der Waals surface area contributed by atoms with Crippen LogP contribution in [0.2, 0.25) is 5.02 Å². The molecule has 0 bridgehead atoms. The lowest BCUT2D eigenvalue weighted by molar-refractivity contribution is -0.141. The van der Waals surface area contributed by atoms with Crippen molar-refractivity contribution in [2.24, 2.45) is 0 Å². The number of nitrogens with one attached hydrogen (secondary N) is 2. The molecule has 2 N–H and O–H groups in total. The van der Waals surface area contributed by atoms with Crippen LogP contribution in [-0.4, -0.2) is 23.3 Å². The van der Waals surface area contributed by atoms with Gasteiger partial charge < -0.3 is 10.1 Å². The van der Waals surface area contributed by atoms with E-state index in [9.17, 15) is 9.59 Å². The average Bonchev–Trinajstić information content (AvgIpc) is 2.49. The molecule has 0 saturated carbocycles. The SMILES string of the molecule is COC(=O)C(Nc1cn[nH]c(=O)c1Cl)c1ccccc1. The van der Waals surface area contributed by atoms with Gasteiger partial charge in [0.25, 0.3) is 5.56 Å². The maximum absolute atomic E-state index is 11.9. The second-order valence-electron chi connectivity index (χ2n) is 3.94. The van der Waals surface area contributed by atoms with Crippen molar-refractivity contribution < 1.29 is 9.53 Å². The molecule has 6 nitrogen and oxygen atoms in total. The monoisotopic (exact) mass is 293 g/mol. The van der Waals surface area contributed by atoms with Gasteiger partial charge in [0.05, 0.1) is 19.0 Å². The predicted octanol–water partition coefficient (Wildman–Crippen LogP) is 1.75. The van der Waals surface area contributed by atoms with Crippen molar-refractivity contribution in [3.05, 3.63) is 57.5 Å². The first-order chi connectivity index (χ1) is 9.63. The molecule has 0 amide bonds. The number of rotatable bonds is 4. The van der Waals surface area contributed by atoms with Gasteiger partial charge in [-0.15, -0.1) is 0 Å². The lowest BCUT2D eigenvalue weighted by atomic mass is 10.1. The molecule has 1 unspecified atom stereocenters. The van der Waals surface area contributed by atoms with Gasteiger partial charge in [-0.3, -0.25) is 4.79 Å². The van der Waals surface area contributed by atoms with Gasteiger partial charge in [-0.25, -0.2) is 9.89 Å². The minimum atomic E-state index is -0.776.